The number of carbonyl (C=O) groups is 1. The fourth-order valence-corrected chi connectivity index (χ4v) is 5.35. The molecule has 13 heteroatoms. The first-order chi connectivity index (χ1) is 17.1. The molecule has 0 bridgehead atoms. The van der Waals surface area contributed by atoms with Gasteiger partial charge >= 0.3 is 5.69 Å². The standard InChI is InChI=1S/C23H32FN5O6S/c1-3-5-9-28(19-20(25)29(10-6-4-2)23(32)26-21(19)30)22(31)17-15-16(7-8-18(17)24)36(33,34)27-11-13-35-14-12-27/h7-8,15H,3-6,9-14,25H2,1-2H3,(H,26,30,32). The number of benzene rings is 1. The molecule has 11 nitrogen and oxygen atoms in total. The summed E-state index contributed by atoms with van der Waals surface area (Å²) in [4.78, 5) is 41.7. The third-order valence-electron chi connectivity index (χ3n) is 5.98. The van der Waals surface area contributed by atoms with Gasteiger partial charge in [0, 0.05) is 26.2 Å². The number of aromatic amines is 1. The molecular weight excluding hydrogens is 493 g/mol. The van der Waals surface area contributed by atoms with Gasteiger partial charge in [-0.2, -0.15) is 4.31 Å². The van der Waals surface area contributed by atoms with Crippen molar-refractivity contribution in [2.45, 2.75) is 51.0 Å². The number of carbonyl (C=O) groups excluding carboxylic acids is 1. The summed E-state index contributed by atoms with van der Waals surface area (Å²) < 4.78 is 48.7. The molecule has 36 heavy (non-hydrogen) atoms. The van der Waals surface area contributed by atoms with Crippen LogP contribution in [0.1, 0.15) is 49.9 Å². The maximum atomic E-state index is 14.9. The monoisotopic (exact) mass is 525 g/mol. The number of nitrogens with two attached hydrogens (primary N) is 1. The van der Waals surface area contributed by atoms with Crippen LogP contribution in [0.2, 0.25) is 0 Å². The van der Waals surface area contributed by atoms with Crippen LogP contribution in [0.25, 0.3) is 0 Å². The Labute approximate surface area is 208 Å². The Kier molecular flexibility index (Phi) is 9.03. The number of sulfonamides is 1. The van der Waals surface area contributed by atoms with Crippen molar-refractivity contribution in [2.75, 3.05) is 43.5 Å². The predicted octanol–water partition coefficient (Wildman–Crippen LogP) is 1.53. The van der Waals surface area contributed by atoms with E-state index in [2.05, 4.69) is 4.98 Å². The molecular formula is C23H32FN5O6S. The maximum Gasteiger partial charge on any atom is 0.330 e. The zero-order chi connectivity index (χ0) is 26.5. The third-order valence-corrected chi connectivity index (χ3v) is 7.87. The van der Waals surface area contributed by atoms with Gasteiger partial charge in [-0.05, 0) is 31.0 Å². The number of nitrogens with zero attached hydrogens (tertiary/aromatic N) is 3. The average molecular weight is 526 g/mol. The van der Waals surface area contributed by atoms with Crippen molar-refractivity contribution in [3.8, 4) is 0 Å². The van der Waals surface area contributed by atoms with Crippen molar-refractivity contribution in [3.63, 3.8) is 0 Å². The van der Waals surface area contributed by atoms with E-state index in [9.17, 15) is 27.2 Å². The highest BCUT2D eigenvalue weighted by atomic mass is 32.2. The van der Waals surface area contributed by atoms with Gasteiger partial charge in [-0.1, -0.05) is 26.7 Å². The molecule has 1 aliphatic heterocycles. The minimum atomic E-state index is -4.00. The number of morpholine rings is 1. The molecule has 1 aromatic carbocycles. The molecule has 1 aliphatic rings. The van der Waals surface area contributed by atoms with E-state index in [0.717, 1.165) is 29.5 Å². The molecule has 0 atom stereocenters. The van der Waals surface area contributed by atoms with Crippen molar-refractivity contribution < 1.29 is 22.3 Å². The van der Waals surface area contributed by atoms with Crippen LogP contribution < -0.4 is 21.9 Å². The zero-order valence-corrected chi connectivity index (χ0v) is 21.3. The van der Waals surface area contributed by atoms with Crippen LogP contribution in [-0.4, -0.2) is 61.0 Å². The quantitative estimate of drug-likeness (QED) is 0.478. The van der Waals surface area contributed by atoms with E-state index >= 15 is 0 Å². The number of nitrogens with one attached hydrogen (secondary N) is 1. The van der Waals surface area contributed by atoms with Crippen LogP contribution in [0.3, 0.4) is 0 Å². The smallest absolute Gasteiger partial charge is 0.330 e. The van der Waals surface area contributed by atoms with Crippen LogP contribution in [-0.2, 0) is 21.3 Å². The fourth-order valence-electron chi connectivity index (χ4n) is 3.92. The van der Waals surface area contributed by atoms with Crippen LogP contribution in [0.15, 0.2) is 32.7 Å². The van der Waals surface area contributed by atoms with Crippen molar-refractivity contribution in [1.82, 2.24) is 13.9 Å². The Bertz CT molecular complexity index is 1320. The van der Waals surface area contributed by atoms with Gasteiger partial charge in [-0.3, -0.25) is 19.1 Å². The van der Waals surface area contributed by atoms with Crippen molar-refractivity contribution >= 4 is 27.4 Å². The summed E-state index contributed by atoms with van der Waals surface area (Å²) in [5.41, 5.74) is 3.81. The van der Waals surface area contributed by atoms with Gasteiger partial charge < -0.3 is 15.4 Å². The van der Waals surface area contributed by atoms with Gasteiger partial charge in [0.15, 0.2) is 5.69 Å². The number of H-pyrrole nitrogens is 1. The van der Waals surface area contributed by atoms with Crippen LogP contribution in [0.4, 0.5) is 15.9 Å². The van der Waals surface area contributed by atoms with E-state index in [1.54, 1.807) is 0 Å². The Balaban J connectivity index is 2.10. The molecule has 1 fully saturated rings. The first-order valence-electron chi connectivity index (χ1n) is 11.9. The van der Waals surface area contributed by atoms with Gasteiger partial charge in [0.2, 0.25) is 10.0 Å². The summed E-state index contributed by atoms with van der Waals surface area (Å²) in [5.74, 6) is -2.09. The highest BCUT2D eigenvalue weighted by Gasteiger charge is 2.31. The van der Waals surface area contributed by atoms with Gasteiger partial charge in [-0.15, -0.1) is 0 Å². The minimum Gasteiger partial charge on any atom is -0.383 e. The van der Waals surface area contributed by atoms with Gasteiger partial charge in [0.25, 0.3) is 11.5 Å². The lowest BCUT2D eigenvalue weighted by Gasteiger charge is -2.27. The summed E-state index contributed by atoms with van der Waals surface area (Å²) in [6, 6.07) is 2.98. The fraction of sp³-hybridized carbons (Fsp3) is 0.522. The lowest BCUT2D eigenvalue weighted by atomic mass is 10.1. The van der Waals surface area contributed by atoms with Crippen LogP contribution in [0.5, 0.6) is 0 Å². The molecule has 0 radical (unpaired) electrons. The molecule has 2 aromatic rings. The Morgan fingerprint density at radius 1 is 1.17 bits per heavy atom. The molecule has 1 amide bonds. The number of ether oxygens (including phenoxy) is 1. The Morgan fingerprint density at radius 2 is 1.83 bits per heavy atom. The summed E-state index contributed by atoms with van der Waals surface area (Å²) in [5, 5.41) is 0. The third kappa shape index (κ3) is 5.68. The summed E-state index contributed by atoms with van der Waals surface area (Å²) in [6.45, 7) is 4.75. The maximum absolute atomic E-state index is 14.9. The molecule has 3 rings (SSSR count). The second-order valence-corrected chi connectivity index (χ2v) is 10.4. The number of halogens is 1. The zero-order valence-electron chi connectivity index (χ0n) is 20.5. The van der Waals surface area contributed by atoms with Gasteiger partial charge in [-0.25, -0.2) is 17.6 Å². The van der Waals surface area contributed by atoms with E-state index in [4.69, 9.17) is 10.5 Å². The van der Waals surface area contributed by atoms with Gasteiger partial charge in [0.1, 0.15) is 11.6 Å². The number of amides is 1. The van der Waals surface area contributed by atoms with Crippen LogP contribution >= 0.6 is 0 Å². The normalized spacial score (nSPS) is 14.6. The molecule has 3 N–H and O–H groups in total. The molecule has 1 aromatic heterocycles. The van der Waals surface area contributed by atoms with E-state index < -0.39 is 38.6 Å². The van der Waals surface area contributed by atoms with Gasteiger partial charge in [0.05, 0.1) is 23.7 Å². The number of rotatable bonds is 10. The molecule has 1 saturated heterocycles. The number of aromatic nitrogens is 2. The van der Waals surface area contributed by atoms with Crippen LogP contribution in [0, 0.1) is 5.82 Å². The molecule has 0 unspecified atom stereocenters. The number of hydrogen-bond acceptors (Lipinski definition) is 7. The lowest BCUT2D eigenvalue weighted by Crippen LogP contribution is -2.42. The topological polar surface area (TPSA) is 148 Å². The molecule has 0 saturated carbocycles. The summed E-state index contributed by atoms with van der Waals surface area (Å²) >= 11 is 0. The van der Waals surface area contributed by atoms with Crippen molar-refractivity contribution in [1.29, 1.82) is 0 Å². The summed E-state index contributed by atoms with van der Waals surface area (Å²) in [6.07, 6.45) is 2.46. The Hall–Kier alpha value is -3.03. The average Bonchev–Trinajstić information content (AvgIpc) is 2.86. The number of anilines is 2. The second kappa shape index (κ2) is 11.8. The van der Waals surface area contributed by atoms with E-state index in [1.165, 1.54) is 8.87 Å². The molecule has 0 aliphatic carbocycles. The SMILES string of the molecule is CCCCN(C(=O)c1cc(S(=O)(=O)N2CCOCC2)ccc1F)c1c(N)n(CCCC)c(=O)[nH]c1=O. The molecule has 2 heterocycles. The Morgan fingerprint density at radius 3 is 2.47 bits per heavy atom. The van der Waals surface area contributed by atoms with E-state index in [-0.39, 0.29) is 55.8 Å². The van der Waals surface area contributed by atoms with Crippen molar-refractivity contribution in [2.24, 2.45) is 0 Å². The second-order valence-electron chi connectivity index (χ2n) is 8.47. The first-order valence-corrected chi connectivity index (χ1v) is 13.4. The highest BCUT2D eigenvalue weighted by Crippen LogP contribution is 2.25. The number of nitrogen functional groups attached to an aromatic ring is 1. The molecule has 198 valence electrons. The predicted molar refractivity (Wildman–Crippen MR) is 133 cm³/mol. The lowest BCUT2D eigenvalue weighted by molar-refractivity contribution is 0.0730. The first kappa shape index (κ1) is 27.6. The van der Waals surface area contributed by atoms with E-state index in [1.807, 2.05) is 13.8 Å². The van der Waals surface area contributed by atoms with Crippen molar-refractivity contribution in [3.05, 3.63) is 50.4 Å². The largest absolute Gasteiger partial charge is 0.383 e. The highest BCUT2D eigenvalue weighted by molar-refractivity contribution is 7.89. The molecule has 0 spiro atoms. The number of hydrogen-bond donors (Lipinski definition) is 2. The number of unbranched alkanes of at least 4 members (excludes halogenated alkanes) is 2. The minimum absolute atomic E-state index is 0.00841. The van der Waals surface area contributed by atoms with E-state index in [0.29, 0.717) is 19.3 Å². The summed E-state index contributed by atoms with van der Waals surface area (Å²) in [7, 11) is -4.00.